The third-order valence-corrected chi connectivity index (χ3v) is 4.90. The molecule has 1 aromatic carbocycles. The van der Waals surface area contributed by atoms with Crippen LogP contribution in [0, 0.1) is 0 Å². The van der Waals surface area contributed by atoms with E-state index in [9.17, 15) is 9.59 Å². The third-order valence-electron chi connectivity index (χ3n) is 4.90. The standard InChI is InChI=1S/C20H33N5O3/c1-23(2)17-7-5-16(6-8-17)18(24(3)4)15-22-20(27)19(26)21-9-10-25-11-13-28-14-12-25/h5-8,18H,9-15H2,1-4H3,(H,21,26)(H,22,27)/t18-/m1/s1. The summed E-state index contributed by atoms with van der Waals surface area (Å²) in [4.78, 5) is 30.5. The fraction of sp³-hybridized carbons (Fsp3) is 0.600. The summed E-state index contributed by atoms with van der Waals surface area (Å²) in [5.74, 6) is -1.19. The number of morpholine rings is 1. The second-order valence-electron chi connectivity index (χ2n) is 7.39. The number of carbonyl (C=O) groups is 2. The first kappa shape index (κ1) is 22.1. The van der Waals surface area contributed by atoms with Gasteiger partial charge < -0.3 is 25.2 Å². The maximum atomic E-state index is 12.1. The number of anilines is 1. The molecule has 0 saturated carbocycles. The Hall–Kier alpha value is -2.16. The molecule has 28 heavy (non-hydrogen) atoms. The number of nitrogens with one attached hydrogen (secondary N) is 2. The van der Waals surface area contributed by atoms with Gasteiger partial charge in [-0.1, -0.05) is 12.1 Å². The number of nitrogens with zero attached hydrogens (tertiary/aromatic N) is 3. The van der Waals surface area contributed by atoms with E-state index in [1.54, 1.807) is 0 Å². The number of benzene rings is 1. The lowest BCUT2D eigenvalue weighted by atomic mass is 10.1. The molecule has 0 aliphatic carbocycles. The summed E-state index contributed by atoms with van der Waals surface area (Å²) in [7, 11) is 7.91. The van der Waals surface area contributed by atoms with Crippen LogP contribution in [0.5, 0.6) is 0 Å². The number of hydrogen-bond donors (Lipinski definition) is 2. The Morgan fingerprint density at radius 1 is 1.04 bits per heavy atom. The number of likely N-dealkylation sites (N-methyl/N-ethyl adjacent to an activating group) is 1. The first-order valence-electron chi connectivity index (χ1n) is 9.68. The number of amides is 2. The minimum absolute atomic E-state index is 0.0127. The van der Waals surface area contributed by atoms with Gasteiger partial charge in [0.1, 0.15) is 0 Å². The van der Waals surface area contributed by atoms with Gasteiger partial charge in [-0.05, 0) is 31.8 Å². The molecule has 1 saturated heterocycles. The number of hydrogen-bond acceptors (Lipinski definition) is 6. The molecule has 0 spiro atoms. The molecule has 156 valence electrons. The first-order valence-corrected chi connectivity index (χ1v) is 9.68. The van der Waals surface area contributed by atoms with Gasteiger partial charge >= 0.3 is 11.8 Å². The summed E-state index contributed by atoms with van der Waals surface area (Å²) in [6.07, 6.45) is 0. The second-order valence-corrected chi connectivity index (χ2v) is 7.39. The van der Waals surface area contributed by atoms with Gasteiger partial charge in [-0.25, -0.2) is 0 Å². The van der Waals surface area contributed by atoms with E-state index in [2.05, 4.69) is 27.7 Å². The van der Waals surface area contributed by atoms with Gasteiger partial charge in [-0.3, -0.25) is 14.5 Å². The number of ether oxygens (including phenoxy) is 1. The fourth-order valence-electron chi connectivity index (χ4n) is 3.10. The van der Waals surface area contributed by atoms with E-state index in [4.69, 9.17) is 4.74 Å². The van der Waals surface area contributed by atoms with Crippen molar-refractivity contribution < 1.29 is 14.3 Å². The van der Waals surface area contributed by atoms with Crippen LogP contribution in [-0.2, 0) is 14.3 Å². The normalized spacial score (nSPS) is 15.9. The molecule has 1 aliphatic heterocycles. The van der Waals surface area contributed by atoms with Crippen molar-refractivity contribution in [3.05, 3.63) is 29.8 Å². The molecular formula is C20H33N5O3. The largest absolute Gasteiger partial charge is 0.379 e. The van der Waals surface area contributed by atoms with Crippen LogP contribution in [0.1, 0.15) is 11.6 Å². The number of carbonyl (C=O) groups excluding carboxylic acids is 2. The van der Waals surface area contributed by atoms with Crippen molar-refractivity contribution in [3.63, 3.8) is 0 Å². The summed E-state index contributed by atoms with van der Waals surface area (Å²) in [6, 6.07) is 8.18. The lowest BCUT2D eigenvalue weighted by Gasteiger charge is -2.26. The quantitative estimate of drug-likeness (QED) is 0.604. The molecule has 0 aromatic heterocycles. The zero-order valence-electron chi connectivity index (χ0n) is 17.4. The van der Waals surface area contributed by atoms with Crippen molar-refractivity contribution >= 4 is 17.5 Å². The minimum Gasteiger partial charge on any atom is -0.379 e. The van der Waals surface area contributed by atoms with E-state index < -0.39 is 11.8 Å². The number of rotatable bonds is 8. The zero-order valence-corrected chi connectivity index (χ0v) is 17.4. The van der Waals surface area contributed by atoms with Crippen LogP contribution in [0.4, 0.5) is 5.69 Å². The molecule has 1 fully saturated rings. The predicted molar refractivity (Wildman–Crippen MR) is 110 cm³/mol. The Bertz CT molecular complexity index is 627. The van der Waals surface area contributed by atoms with Crippen LogP contribution in [0.2, 0.25) is 0 Å². The Morgan fingerprint density at radius 2 is 1.64 bits per heavy atom. The first-order chi connectivity index (χ1) is 13.4. The monoisotopic (exact) mass is 391 g/mol. The van der Waals surface area contributed by atoms with Gasteiger partial charge in [-0.15, -0.1) is 0 Å². The highest BCUT2D eigenvalue weighted by atomic mass is 16.5. The maximum absolute atomic E-state index is 12.1. The van der Waals surface area contributed by atoms with Crippen LogP contribution in [0.25, 0.3) is 0 Å². The van der Waals surface area contributed by atoms with Crippen LogP contribution in [0.3, 0.4) is 0 Å². The topological polar surface area (TPSA) is 77.2 Å². The molecule has 2 rings (SSSR count). The van der Waals surface area contributed by atoms with E-state index in [-0.39, 0.29) is 6.04 Å². The van der Waals surface area contributed by atoms with E-state index in [1.807, 2.05) is 50.1 Å². The lowest BCUT2D eigenvalue weighted by Crippen LogP contribution is -2.46. The summed E-state index contributed by atoms with van der Waals surface area (Å²) in [5.41, 5.74) is 2.20. The highest BCUT2D eigenvalue weighted by molar-refractivity contribution is 6.35. The second kappa shape index (κ2) is 11.0. The van der Waals surface area contributed by atoms with E-state index in [0.29, 0.717) is 13.1 Å². The average molecular weight is 392 g/mol. The molecule has 1 aliphatic rings. The molecule has 8 heteroatoms. The average Bonchev–Trinajstić information content (AvgIpc) is 2.68. The lowest BCUT2D eigenvalue weighted by molar-refractivity contribution is -0.139. The third kappa shape index (κ3) is 6.78. The van der Waals surface area contributed by atoms with Crippen molar-refractivity contribution in [3.8, 4) is 0 Å². The van der Waals surface area contributed by atoms with Crippen molar-refractivity contribution in [2.45, 2.75) is 6.04 Å². The van der Waals surface area contributed by atoms with Crippen LogP contribution >= 0.6 is 0 Å². The van der Waals surface area contributed by atoms with Crippen molar-refractivity contribution in [2.24, 2.45) is 0 Å². The molecule has 2 amide bonds. The van der Waals surface area contributed by atoms with Gasteiger partial charge in [0, 0.05) is 52.5 Å². The predicted octanol–water partition coefficient (Wildman–Crippen LogP) is -0.0801. The Morgan fingerprint density at radius 3 is 2.21 bits per heavy atom. The van der Waals surface area contributed by atoms with E-state index >= 15 is 0 Å². The summed E-state index contributed by atoms with van der Waals surface area (Å²) in [6.45, 7) is 4.70. The Labute approximate surface area is 167 Å². The minimum atomic E-state index is -0.598. The van der Waals surface area contributed by atoms with Crippen molar-refractivity contribution in [2.75, 3.05) is 79.0 Å². The molecule has 2 N–H and O–H groups in total. The SMILES string of the molecule is CN(C)c1ccc([C@@H](CNC(=O)C(=O)NCCN2CCOCC2)N(C)C)cc1. The molecule has 0 radical (unpaired) electrons. The van der Waals surface area contributed by atoms with Crippen molar-refractivity contribution in [1.82, 2.24) is 20.4 Å². The summed E-state index contributed by atoms with van der Waals surface area (Å²) in [5, 5.41) is 5.44. The molecule has 1 aromatic rings. The molecule has 1 heterocycles. The molecule has 0 bridgehead atoms. The van der Waals surface area contributed by atoms with Gasteiger partial charge in [0.2, 0.25) is 0 Å². The molecular weight excluding hydrogens is 358 g/mol. The maximum Gasteiger partial charge on any atom is 0.309 e. The fourth-order valence-corrected chi connectivity index (χ4v) is 3.10. The summed E-state index contributed by atoms with van der Waals surface area (Å²) >= 11 is 0. The van der Waals surface area contributed by atoms with Crippen LogP contribution < -0.4 is 15.5 Å². The van der Waals surface area contributed by atoms with Crippen LogP contribution in [0.15, 0.2) is 24.3 Å². The van der Waals surface area contributed by atoms with Crippen molar-refractivity contribution in [1.29, 1.82) is 0 Å². The smallest absolute Gasteiger partial charge is 0.309 e. The highest BCUT2D eigenvalue weighted by Crippen LogP contribution is 2.20. The molecule has 0 unspecified atom stereocenters. The van der Waals surface area contributed by atoms with Gasteiger partial charge in [0.05, 0.1) is 19.3 Å². The Balaban J connectivity index is 1.79. The molecule has 8 nitrogen and oxygen atoms in total. The van der Waals surface area contributed by atoms with Gasteiger partial charge in [-0.2, -0.15) is 0 Å². The van der Waals surface area contributed by atoms with E-state index in [0.717, 1.165) is 44.1 Å². The zero-order chi connectivity index (χ0) is 20.5. The van der Waals surface area contributed by atoms with E-state index in [1.165, 1.54) is 0 Å². The Kier molecular flexibility index (Phi) is 8.69. The highest BCUT2D eigenvalue weighted by Gasteiger charge is 2.19. The summed E-state index contributed by atoms with van der Waals surface area (Å²) < 4.78 is 5.29. The van der Waals surface area contributed by atoms with Crippen LogP contribution in [-0.4, -0.2) is 95.7 Å². The molecule has 1 atom stereocenters. The van der Waals surface area contributed by atoms with Gasteiger partial charge in [0.15, 0.2) is 0 Å². The van der Waals surface area contributed by atoms with Gasteiger partial charge in [0.25, 0.3) is 0 Å².